The minimum absolute atomic E-state index is 0.614. The van der Waals surface area contributed by atoms with Gasteiger partial charge in [0, 0.05) is 14.2 Å². The molecular weight excluding hydrogens is 373 g/mol. The second kappa shape index (κ2) is 4.83. The number of nitrogens with one attached hydrogen (secondary N) is 1. The Morgan fingerprint density at radius 2 is 2.05 bits per heavy atom. The molecule has 0 aliphatic heterocycles. The van der Waals surface area contributed by atoms with E-state index in [0.29, 0.717) is 10.6 Å². The molecule has 0 aliphatic rings. The fourth-order valence-corrected chi connectivity index (χ4v) is 2.65. The number of H-pyrrole nitrogens is 1. The summed E-state index contributed by atoms with van der Waals surface area (Å²) >= 11 is 8.27. The van der Waals surface area contributed by atoms with E-state index in [1.807, 2.05) is 24.3 Å². The summed E-state index contributed by atoms with van der Waals surface area (Å²) < 4.78 is 1.07. The van der Waals surface area contributed by atoms with Gasteiger partial charge in [-0.05, 0) is 59.0 Å². The highest BCUT2D eigenvalue weighted by Gasteiger charge is 2.09. The number of fused-ring (bicyclic) bond motifs is 1. The van der Waals surface area contributed by atoms with Crippen molar-refractivity contribution in [2.75, 3.05) is 0 Å². The minimum atomic E-state index is 0.614. The minimum Gasteiger partial charge on any atom is -0.338 e. The molecule has 0 bridgehead atoms. The molecule has 0 atom stereocenters. The van der Waals surface area contributed by atoms with E-state index in [-0.39, 0.29) is 0 Å². The predicted molar refractivity (Wildman–Crippen MR) is 84.0 cm³/mol. The molecule has 0 amide bonds. The number of benzene rings is 2. The molecule has 1 heterocycles. The molecule has 3 nitrogen and oxygen atoms in total. The van der Waals surface area contributed by atoms with E-state index in [1.54, 1.807) is 12.1 Å². The van der Waals surface area contributed by atoms with Crippen molar-refractivity contribution in [2.24, 2.45) is 0 Å². The Kier molecular flexibility index (Phi) is 3.17. The van der Waals surface area contributed by atoms with Crippen LogP contribution in [0.2, 0.25) is 5.02 Å². The normalized spacial score (nSPS) is 10.6. The van der Waals surface area contributed by atoms with Gasteiger partial charge in [-0.2, -0.15) is 5.26 Å². The first kappa shape index (κ1) is 12.5. The molecule has 3 rings (SSSR count). The highest BCUT2D eigenvalue weighted by atomic mass is 127. The van der Waals surface area contributed by atoms with Crippen molar-refractivity contribution in [3.8, 4) is 17.5 Å². The predicted octanol–water partition coefficient (Wildman–Crippen LogP) is 4.36. The second-order valence-electron chi connectivity index (χ2n) is 4.05. The molecule has 0 saturated carbocycles. The van der Waals surface area contributed by atoms with E-state index < -0.39 is 0 Å². The van der Waals surface area contributed by atoms with E-state index in [2.05, 4.69) is 38.6 Å². The van der Waals surface area contributed by atoms with E-state index in [1.165, 1.54) is 0 Å². The molecule has 1 aromatic heterocycles. The van der Waals surface area contributed by atoms with Gasteiger partial charge in [-0.25, -0.2) is 4.98 Å². The Morgan fingerprint density at radius 1 is 1.21 bits per heavy atom. The Balaban J connectivity index is 2.21. The summed E-state index contributed by atoms with van der Waals surface area (Å²) in [6.07, 6.45) is 0. The second-order valence-corrected chi connectivity index (χ2v) is 5.65. The third kappa shape index (κ3) is 2.31. The molecule has 0 radical (unpaired) electrons. The zero-order valence-electron chi connectivity index (χ0n) is 9.61. The lowest BCUT2D eigenvalue weighted by molar-refractivity contribution is 1.33. The number of aromatic nitrogens is 2. The van der Waals surface area contributed by atoms with Gasteiger partial charge in [0.25, 0.3) is 0 Å². The van der Waals surface area contributed by atoms with Crippen LogP contribution in [0.3, 0.4) is 0 Å². The highest BCUT2D eigenvalue weighted by Crippen LogP contribution is 2.28. The summed E-state index contributed by atoms with van der Waals surface area (Å²) in [4.78, 5) is 7.76. The van der Waals surface area contributed by atoms with Crippen molar-refractivity contribution in [2.45, 2.75) is 0 Å². The summed E-state index contributed by atoms with van der Waals surface area (Å²) in [6.45, 7) is 0. The first-order valence-electron chi connectivity index (χ1n) is 5.52. The number of nitrogens with zero attached hydrogens (tertiary/aromatic N) is 2. The molecule has 0 saturated heterocycles. The fraction of sp³-hybridized carbons (Fsp3) is 0. The molecular formula is C14H7ClIN3. The van der Waals surface area contributed by atoms with Gasteiger partial charge in [-0.1, -0.05) is 11.6 Å². The van der Waals surface area contributed by atoms with Crippen LogP contribution in [0.5, 0.6) is 0 Å². The molecule has 1 N–H and O–H groups in total. The molecule has 5 heteroatoms. The average molecular weight is 380 g/mol. The quantitative estimate of drug-likeness (QED) is 0.639. The van der Waals surface area contributed by atoms with E-state index >= 15 is 0 Å². The Bertz CT molecular complexity index is 817. The van der Waals surface area contributed by atoms with Crippen molar-refractivity contribution in [3.63, 3.8) is 0 Å². The molecule has 92 valence electrons. The van der Waals surface area contributed by atoms with Crippen LogP contribution < -0.4 is 0 Å². The maximum Gasteiger partial charge on any atom is 0.139 e. The van der Waals surface area contributed by atoms with Gasteiger partial charge < -0.3 is 4.98 Å². The number of hydrogen-bond donors (Lipinski definition) is 1. The molecule has 19 heavy (non-hydrogen) atoms. The summed E-state index contributed by atoms with van der Waals surface area (Å²) in [5.74, 6) is 0.761. The van der Waals surface area contributed by atoms with E-state index in [4.69, 9.17) is 16.9 Å². The standard InChI is InChI=1S/C14H7ClIN3/c15-9-2-3-11(16)10(6-9)14-18-12-4-1-8(7-17)5-13(12)19-14/h1-6H,(H,18,19). The number of halogens is 2. The van der Waals surface area contributed by atoms with Crippen LogP contribution >= 0.6 is 34.2 Å². The van der Waals surface area contributed by atoms with Crippen molar-refractivity contribution >= 4 is 45.2 Å². The Labute approximate surface area is 128 Å². The van der Waals surface area contributed by atoms with E-state index in [0.717, 1.165) is 26.0 Å². The van der Waals surface area contributed by atoms with Crippen molar-refractivity contribution in [3.05, 3.63) is 50.6 Å². The van der Waals surface area contributed by atoms with Crippen LogP contribution in [-0.2, 0) is 0 Å². The van der Waals surface area contributed by atoms with Gasteiger partial charge in [-0.3, -0.25) is 0 Å². The smallest absolute Gasteiger partial charge is 0.139 e. The summed E-state index contributed by atoms with van der Waals surface area (Å²) in [5.41, 5.74) is 3.26. The van der Waals surface area contributed by atoms with Gasteiger partial charge in [0.15, 0.2) is 0 Å². The van der Waals surface area contributed by atoms with Crippen LogP contribution in [0, 0.1) is 14.9 Å². The monoisotopic (exact) mass is 379 g/mol. The van der Waals surface area contributed by atoms with Crippen molar-refractivity contribution < 1.29 is 0 Å². The lowest BCUT2D eigenvalue weighted by Gasteiger charge is -2.01. The first-order valence-corrected chi connectivity index (χ1v) is 6.98. The molecule has 3 aromatic rings. The summed E-state index contributed by atoms with van der Waals surface area (Å²) in [5, 5.41) is 9.57. The van der Waals surface area contributed by atoms with Crippen molar-refractivity contribution in [1.29, 1.82) is 5.26 Å². The lowest BCUT2D eigenvalue weighted by Crippen LogP contribution is -1.84. The topological polar surface area (TPSA) is 52.5 Å². The summed E-state index contributed by atoms with van der Waals surface area (Å²) in [6, 6.07) is 13.2. The average Bonchev–Trinajstić information content (AvgIpc) is 2.83. The van der Waals surface area contributed by atoms with Gasteiger partial charge in [0.05, 0.1) is 22.7 Å². The van der Waals surface area contributed by atoms with Gasteiger partial charge in [0.2, 0.25) is 0 Å². The largest absolute Gasteiger partial charge is 0.338 e. The SMILES string of the molecule is N#Cc1ccc2nc(-c3cc(Cl)ccc3I)[nH]c2c1. The molecule has 0 fully saturated rings. The number of nitriles is 1. The molecule has 2 aromatic carbocycles. The van der Waals surface area contributed by atoms with E-state index in [9.17, 15) is 0 Å². The maximum atomic E-state index is 8.90. The van der Waals surface area contributed by atoms with Gasteiger partial charge in [0.1, 0.15) is 5.82 Å². The van der Waals surface area contributed by atoms with Crippen LogP contribution in [-0.4, -0.2) is 9.97 Å². The lowest BCUT2D eigenvalue weighted by atomic mass is 10.2. The number of hydrogen-bond acceptors (Lipinski definition) is 2. The Morgan fingerprint density at radius 3 is 2.84 bits per heavy atom. The number of imidazole rings is 1. The third-order valence-electron chi connectivity index (χ3n) is 2.79. The van der Waals surface area contributed by atoms with Crippen LogP contribution in [0.1, 0.15) is 5.56 Å². The number of rotatable bonds is 1. The zero-order chi connectivity index (χ0) is 13.4. The van der Waals surface area contributed by atoms with Crippen LogP contribution in [0.4, 0.5) is 0 Å². The zero-order valence-corrected chi connectivity index (χ0v) is 12.5. The maximum absolute atomic E-state index is 8.90. The summed E-state index contributed by atoms with van der Waals surface area (Å²) in [7, 11) is 0. The highest BCUT2D eigenvalue weighted by molar-refractivity contribution is 14.1. The molecule has 0 aliphatic carbocycles. The fourth-order valence-electron chi connectivity index (χ4n) is 1.89. The number of aromatic amines is 1. The molecule has 0 spiro atoms. The van der Waals surface area contributed by atoms with Crippen LogP contribution in [0.15, 0.2) is 36.4 Å². The third-order valence-corrected chi connectivity index (χ3v) is 3.97. The van der Waals surface area contributed by atoms with Gasteiger partial charge in [-0.15, -0.1) is 0 Å². The van der Waals surface area contributed by atoms with Gasteiger partial charge >= 0.3 is 0 Å². The van der Waals surface area contributed by atoms with Crippen LogP contribution in [0.25, 0.3) is 22.4 Å². The first-order chi connectivity index (χ1) is 9.17. The van der Waals surface area contributed by atoms with Crippen molar-refractivity contribution in [1.82, 2.24) is 9.97 Å². The molecule has 0 unspecified atom stereocenters. The Hall–Kier alpha value is -1.58.